The van der Waals surface area contributed by atoms with Crippen LogP contribution in [0.5, 0.6) is 5.88 Å². The van der Waals surface area contributed by atoms with Gasteiger partial charge in [-0.1, -0.05) is 12.1 Å². The Balaban J connectivity index is 1.53. The molecule has 1 aromatic heterocycles. The summed E-state index contributed by atoms with van der Waals surface area (Å²) in [5.74, 6) is 0.150. The molecule has 28 heavy (non-hydrogen) atoms. The van der Waals surface area contributed by atoms with E-state index in [-0.39, 0.29) is 11.9 Å². The van der Waals surface area contributed by atoms with Crippen LogP contribution in [-0.2, 0) is 10.2 Å². The summed E-state index contributed by atoms with van der Waals surface area (Å²) in [4.78, 5) is 18.7. The van der Waals surface area contributed by atoms with E-state index < -0.39 is 10.2 Å². The Morgan fingerprint density at radius 1 is 1.11 bits per heavy atom. The highest BCUT2D eigenvalue weighted by Crippen LogP contribution is 2.42. The molecule has 0 atom stereocenters. The average molecular weight is 402 g/mol. The summed E-state index contributed by atoms with van der Waals surface area (Å²) in [5, 5.41) is 0. The van der Waals surface area contributed by atoms with Gasteiger partial charge in [-0.2, -0.15) is 8.42 Å². The summed E-state index contributed by atoms with van der Waals surface area (Å²) in [6.45, 7) is 0.943. The van der Waals surface area contributed by atoms with Gasteiger partial charge in [-0.3, -0.25) is 9.10 Å². The molecule has 0 saturated carbocycles. The number of fused-ring (bicyclic) bond motifs is 1. The largest absolute Gasteiger partial charge is 0.480 e. The first-order chi connectivity index (χ1) is 13.4. The number of likely N-dealkylation sites (tertiary alicyclic amines) is 1. The van der Waals surface area contributed by atoms with Gasteiger partial charge >= 0.3 is 10.2 Å². The van der Waals surface area contributed by atoms with Crippen molar-refractivity contribution in [2.45, 2.75) is 18.9 Å². The number of anilines is 2. The quantitative estimate of drug-likeness (QED) is 0.783. The van der Waals surface area contributed by atoms with Gasteiger partial charge in [0.1, 0.15) is 5.56 Å². The highest BCUT2D eigenvalue weighted by molar-refractivity contribution is 7.94. The van der Waals surface area contributed by atoms with Gasteiger partial charge in [-0.25, -0.2) is 9.29 Å². The minimum Gasteiger partial charge on any atom is -0.480 e. The van der Waals surface area contributed by atoms with Crippen LogP contribution >= 0.6 is 0 Å². The fourth-order valence-electron chi connectivity index (χ4n) is 3.87. The highest BCUT2D eigenvalue weighted by atomic mass is 32.2. The predicted molar refractivity (Wildman–Crippen MR) is 106 cm³/mol. The predicted octanol–water partition coefficient (Wildman–Crippen LogP) is 1.90. The van der Waals surface area contributed by atoms with Gasteiger partial charge in [-0.15, -0.1) is 0 Å². The monoisotopic (exact) mass is 402 g/mol. The van der Waals surface area contributed by atoms with Gasteiger partial charge < -0.3 is 9.64 Å². The van der Waals surface area contributed by atoms with Crippen LogP contribution in [0.15, 0.2) is 42.6 Å². The van der Waals surface area contributed by atoms with Crippen LogP contribution < -0.4 is 13.3 Å². The number of rotatable bonds is 3. The lowest BCUT2D eigenvalue weighted by molar-refractivity contribution is 0.0711. The van der Waals surface area contributed by atoms with Gasteiger partial charge in [-0.05, 0) is 37.1 Å². The molecule has 1 fully saturated rings. The zero-order valence-corrected chi connectivity index (χ0v) is 16.6. The number of carbonyl (C=O) groups excluding carboxylic acids is 1. The first-order valence-electron chi connectivity index (χ1n) is 9.10. The van der Waals surface area contributed by atoms with Crippen LogP contribution in [0.3, 0.4) is 0 Å². The summed E-state index contributed by atoms with van der Waals surface area (Å²) < 4.78 is 33.8. The molecule has 0 unspecified atom stereocenters. The van der Waals surface area contributed by atoms with Gasteiger partial charge in [0.05, 0.1) is 24.5 Å². The number of ether oxygens (including phenoxy) is 1. The highest BCUT2D eigenvalue weighted by Gasteiger charge is 2.43. The normalized spacial score (nSPS) is 18.9. The number of nitrogens with zero attached hydrogens (tertiary/aromatic N) is 4. The molecule has 4 rings (SSSR count). The van der Waals surface area contributed by atoms with Crippen molar-refractivity contribution in [2.24, 2.45) is 0 Å². The third-order valence-corrected chi connectivity index (χ3v) is 7.21. The Hall–Kier alpha value is -2.81. The van der Waals surface area contributed by atoms with E-state index in [1.165, 1.54) is 15.7 Å². The molecule has 0 aliphatic carbocycles. The minimum atomic E-state index is -3.59. The molecular weight excluding hydrogens is 380 g/mol. The maximum absolute atomic E-state index is 12.9. The number of benzene rings is 1. The first kappa shape index (κ1) is 18.5. The van der Waals surface area contributed by atoms with Crippen LogP contribution in [0.1, 0.15) is 23.2 Å². The van der Waals surface area contributed by atoms with E-state index in [2.05, 4.69) is 4.98 Å². The molecule has 2 aliphatic heterocycles. The van der Waals surface area contributed by atoms with Gasteiger partial charge in [0, 0.05) is 26.3 Å². The number of hydrogen-bond donors (Lipinski definition) is 0. The topological polar surface area (TPSA) is 83.1 Å². The smallest absolute Gasteiger partial charge is 0.326 e. The van der Waals surface area contributed by atoms with E-state index in [1.807, 2.05) is 18.2 Å². The Morgan fingerprint density at radius 3 is 2.46 bits per heavy atom. The van der Waals surface area contributed by atoms with Crippen LogP contribution in [0.4, 0.5) is 11.4 Å². The molecule has 1 amide bonds. The molecule has 0 bridgehead atoms. The van der Waals surface area contributed by atoms with Crippen molar-refractivity contribution in [3.8, 4) is 5.88 Å². The second-order valence-electron chi connectivity index (χ2n) is 6.84. The zero-order chi connectivity index (χ0) is 19.9. The summed E-state index contributed by atoms with van der Waals surface area (Å²) in [6.07, 6.45) is 2.71. The lowest BCUT2D eigenvalue weighted by Crippen LogP contribution is -2.49. The number of aromatic nitrogens is 1. The van der Waals surface area contributed by atoms with Crippen LogP contribution in [0.2, 0.25) is 0 Å². The van der Waals surface area contributed by atoms with Crippen molar-refractivity contribution in [1.82, 2.24) is 9.88 Å². The molecule has 148 valence electrons. The zero-order valence-electron chi connectivity index (χ0n) is 15.8. The molecule has 0 radical (unpaired) electrons. The maximum Gasteiger partial charge on any atom is 0.326 e. The molecule has 1 saturated heterocycles. The summed E-state index contributed by atoms with van der Waals surface area (Å²) >= 11 is 0. The van der Waals surface area contributed by atoms with E-state index in [9.17, 15) is 13.2 Å². The van der Waals surface area contributed by atoms with E-state index in [0.717, 1.165) is 0 Å². The van der Waals surface area contributed by atoms with E-state index in [0.29, 0.717) is 48.7 Å². The number of hydrogen-bond acceptors (Lipinski definition) is 5. The first-order valence-corrected chi connectivity index (χ1v) is 10.5. The lowest BCUT2D eigenvalue weighted by atomic mass is 10.0. The Bertz CT molecular complexity index is 1000. The molecule has 2 aromatic rings. The van der Waals surface area contributed by atoms with Gasteiger partial charge in [0.25, 0.3) is 5.91 Å². The van der Waals surface area contributed by atoms with Crippen molar-refractivity contribution in [3.63, 3.8) is 0 Å². The fourth-order valence-corrected chi connectivity index (χ4v) is 5.53. The molecule has 0 N–H and O–H groups in total. The number of carbonyl (C=O) groups is 1. The van der Waals surface area contributed by atoms with Gasteiger partial charge in [0.15, 0.2) is 0 Å². The Morgan fingerprint density at radius 2 is 1.79 bits per heavy atom. The van der Waals surface area contributed by atoms with Crippen molar-refractivity contribution in [3.05, 3.63) is 48.2 Å². The molecule has 3 heterocycles. The molecule has 0 spiro atoms. The molecule has 9 heteroatoms. The summed E-state index contributed by atoms with van der Waals surface area (Å²) in [7, 11) is -0.537. The van der Waals surface area contributed by atoms with Crippen molar-refractivity contribution >= 4 is 27.5 Å². The van der Waals surface area contributed by atoms with Crippen LogP contribution in [-0.4, -0.2) is 57.5 Å². The summed E-state index contributed by atoms with van der Waals surface area (Å²) in [6, 6.07) is 10.5. The summed E-state index contributed by atoms with van der Waals surface area (Å²) in [5.41, 5.74) is 1.80. The second kappa shape index (κ2) is 6.97. The van der Waals surface area contributed by atoms with Crippen LogP contribution in [0, 0.1) is 0 Å². The van der Waals surface area contributed by atoms with E-state index in [4.69, 9.17) is 4.74 Å². The number of methoxy groups -OCH3 is 1. The number of amides is 1. The molecular formula is C19H22N4O4S. The third-order valence-electron chi connectivity index (χ3n) is 5.33. The number of piperidine rings is 1. The standard InChI is InChI=1S/C19H22N4O4S/c1-21-16-7-3-4-8-17(16)23(28(21,25)26)14-9-12-22(13-10-14)19(24)15-6-5-11-20-18(15)27-2/h3-8,11,14H,9-10,12-13H2,1-2H3. The van der Waals surface area contributed by atoms with Crippen molar-refractivity contribution in [1.29, 1.82) is 0 Å². The molecule has 2 aliphatic rings. The van der Waals surface area contributed by atoms with Crippen molar-refractivity contribution in [2.75, 3.05) is 35.9 Å². The van der Waals surface area contributed by atoms with Crippen LogP contribution in [0.25, 0.3) is 0 Å². The third kappa shape index (κ3) is 2.86. The maximum atomic E-state index is 12.9. The molecule has 8 nitrogen and oxygen atoms in total. The number of pyridine rings is 1. The average Bonchev–Trinajstić information content (AvgIpc) is 2.93. The number of para-hydroxylation sites is 2. The minimum absolute atomic E-state index is 0.148. The Labute approximate surface area is 164 Å². The van der Waals surface area contributed by atoms with Gasteiger partial charge in [0.2, 0.25) is 5.88 Å². The molecule has 1 aromatic carbocycles. The van der Waals surface area contributed by atoms with E-state index >= 15 is 0 Å². The van der Waals surface area contributed by atoms with E-state index in [1.54, 1.807) is 36.3 Å². The lowest BCUT2D eigenvalue weighted by Gasteiger charge is -2.36. The fraction of sp³-hybridized carbons (Fsp3) is 0.368. The van der Waals surface area contributed by atoms with Crippen molar-refractivity contribution < 1.29 is 17.9 Å². The second-order valence-corrected chi connectivity index (χ2v) is 8.68. The Kier molecular flexibility index (Phi) is 4.62. The SMILES string of the molecule is COc1ncccc1C(=O)N1CCC(N2c3ccccc3N(C)S2(=O)=O)CC1.